The van der Waals surface area contributed by atoms with Gasteiger partial charge < -0.3 is 35.1 Å². The molecule has 0 bridgehead atoms. The van der Waals surface area contributed by atoms with Gasteiger partial charge in [-0.3, -0.25) is 38.5 Å². The van der Waals surface area contributed by atoms with Gasteiger partial charge in [-0.2, -0.15) is 0 Å². The molecule has 29 heteroatoms. The van der Waals surface area contributed by atoms with E-state index in [4.69, 9.17) is 49.0 Å². The molecule has 3 amide bonds. The summed E-state index contributed by atoms with van der Waals surface area (Å²) in [6, 6.07) is 37.8. The fourth-order valence-corrected chi connectivity index (χ4v) is 10.7. The Kier molecular flexibility index (Phi) is 20.4. The third kappa shape index (κ3) is 16.7. The van der Waals surface area contributed by atoms with Crippen molar-refractivity contribution >= 4 is 109 Å². The maximum absolute atomic E-state index is 14.5. The van der Waals surface area contributed by atoms with Crippen LogP contribution in [-0.4, -0.2) is 79.8 Å². The molecule has 1 fully saturated rings. The number of nitrogens with one attached hydrogen (secondary N) is 3. The van der Waals surface area contributed by atoms with Crippen LogP contribution in [0, 0.1) is 41.8 Å². The second-order valence-corrected chi connectivity index (χ2v) is 23.9. The van der Waals surface area contributed by atoms with Gasteiger partial charge in [0.1, 0.15) is 53.2 Å². The van der Waals surface area contributed by atoms with E-state index in [0.717, 1.165) is 67.8 Å². The van der Waals surface area contributed by atoms with Gasteiger partial charge in [-0.15, -0.1) is 0 Å². The number of amides is 3. The number of benzene rings is 9. The van der Waals surface area contributed by atoms with Crippen LogP contribution in [-0.2, 0) is 0 Å². The van der Waals surface area contributed by atoms with Gasteiger partial charge in [0, 0.05) is 102 Å². The Bertz CT molecular complexity index is 5580. The van der Waals surface area contributed by atoms with E-state index >= 15 is 0 Å². The summed E-state index contributed by atoms with van der Waals surface area (Å²) in [4.78, 5) is 74.7. The Morgan fingerprint density at radius 2 is 0.786 bits per heavy atom. The van der Waals surface area contributed by atoms with Gasteiger partial charge in [-0.25, -0.2) is 51.3 Å². The molecular formula is C74H49Cl3F6N14O6. The second-order valence-electron chi connectivity index (χ2n) is 22.7. The number of halogens is 9. The van der Waals surface area contributed by atoms with Crippen LogP contribution in [0.5, 0.6) is 34.5 Å². The van der Waals surface area contributed by atoms with Gasteiger partial charge in [0.2, 0.25) is 0 Å². The predicted octanol–water partition coefficient (Wildman–Crippen LogP) is 18.1. The number of hydrogen-bond donors (Lipinski definition) is 3. The first kappa shape index (κ1) is 69.0. The van der Waals surface area contributed by atoms with Crippen LogP contribution in [0.3, 0.4) is 0 Å². The number of ether oxygens (including phenoxy) is 3. The smallest absolute Gasteiger partial charge is 0.255 e. The second kappa shape index (κ2) is 30.5. The van der Waals surface area contributed by atoms with Crippen molar-refractivity contribution in [1.29, 1.82) is 0 Å². The topological polar surface area (TPSA) is 231 Å². The molecule has 0 unspecified atom stereocenters. The summed E-state index contributed by atoms with van der Waals surface area (Å²) in [6.45, 7) is 3.77. The van der Waals surface area contributed by atoms with E-state index in [0.29, 0.717) is 62.0 Å². The largest absolute Gasteiger partial charge is 0.454 e. The zero-order valence-corrected chi connectivity index (χ0v) is 55.6. The minimum absolute atomic E-state index is 0.0653. The van der Waals surface area contributed by atoms with Gasteiger partial charge in [-0.1, -0.05) is 34.8 Å². The number of fused-ring (bicyclic) bond motifs is 3. The molecule has 20 nitrogen and oxygen atoms in total. The van der Waals surface area contributed by atoms with E-state index in [2.05, 4.69) is 60.7 Å². The van der Waals surface area contributed by atoms with Gasteiger partial charge in [0.05, 0.1) is 72.5 Å². The lowest BCUT2D eigenvalue weighted by molar-refractivity contribution is 0.101. The maximum atomic E-state index is 14.5. The van der Waals surface area contributed by atoms with Crippen LogP contribution in [0.2, 0.25) is 15.1 Å². The third-order valence-electron chi connectivity index (χ3n) is 15.5. The van der Waals surface area contributed by atoms with Crippen molar-refractivity contribution in [2.75, 3.05) is 33.9 Å². The predicted molar refractivity (Wildman–Crippen MR) is 377 cm³/mol. The molecule has 9 aromatic carbocycles. The standard InChI is InChI=1S/C25H16ClF2N5O2.C25H19ClF2N4O2.C24H14ClF2N5O2/c1-14-12-33(13-30-14)24-11-29-21-7-4-17(10-22(21)32-24)35-23-9-16(3-6-19(23)27)31-25(34)15-2-5-18(26)20(28)8-15;26-18-6-3-15(11-20(18)28)25(33)30-16-4-7-19(27)23(12-16)34-17-5-8-21-22(13-17)31-24(14-29-21)32-9-1-2-10-32;25-17-4-1-14(9-19(17)27)24(33)30-15-2-5-18(26)22(10-15)34-16-3-6-20-21(11-16)31-23(12-29-20)32-8-7-28-13-32/h2-13H,1H3,(H,31,34);3-8,11-14H,1-2,9-10H2,(H,30,33);1-13H,(H,30,33). The summed E-state index contributed by atoms with van der Waals surface area (Å²) < 4.78 is 105. The molecule has 0 atom stereocenters. The highest BCUT2D eigenvalue weighted by Gasteiger charge is 2.20. The first-order chi connectivity index (χ1) is 49.8. The minimum atomic E-state index is -0.715. The van der Waals surface area contributed by atoms with Crippen LogP contribution < -0.4 is 35.1 Å². The molecule has 3 N–H and O–H groups in total. The van der Waals surface area contributed by atoms with Gasteiger partial charge in [-0.05, 0) is 147 Å². The summed E-state index contributed by atoms with van der Waals surface area (Å²) in [6.07, 6.45) is 15.7. The first-order valence-electron chi connectivity index (χ1n) is 31.0. The molecule has 1 aliphatic rings. The lowest BCUT2D eigenvalue weighted by Gasteiger charge is -2.16. The van der Waals surface area contributed by atoms with E-state index in [1.807, 2.05) is 13.1 Å². The molecule has 15 rings (SSSR count). The molecule has 0 aliphatic carbocycles. The van der Waals surface area contributed by atoms with Crippen LogP contribution >= 0.6 is 34.8 Å². The SMILES string of the molecule is Cc1cn(-c2cnc3ccc(Oc4cc(NC(=O)c5ccc(Cl)c(F)c5)ccc4F)cc3n2)cn1.O=C(Nc1ccc(F)c(Oc2ccc3ncc(-n4ccnc4)nc3c2)c1)c1ccc(Cl)c(F)c1.O=C(Nc1ccc(F)c(Oc2ccc3ncc(N4CCCC4)nc3c2)c1)c1ccc(Cl)c(F)c1. The number of rotatable bonds is 15. The number of aryl methyl sites for hydroxylation is 1. The number of anilines is 4. The van der Waals surface area contributed by atoms with Gasteiger partial charge in [0.15, 0.2) is 46.3 Å². The van der Waals surface area contributed by atoms with Gasteiger partial charge >= 0.3 is 0 Å². The van der Waals surface area contributed by atoms with Crippen LogP contribution in [0.25, 0.3) is 44.7 Å². The Morgan fingerprint density at radius 1 is 0.408 bits per heavy atom. The Labute approximate surface area is 595 Å². The summed E-state index contributed by atoms with van der Waals surface area (Å²) >= 11 is 17.0. The minimum Gasteiger partial charge on any atom is -0.454 e. The number of aromatic nitrogens is 10. The van der Waals surface area contributed by atoms with Crippen molar-refractivity contribution < 1.29 is 54.9 Å². The summed E-state index contributed by atoms with van der Waals surface area (Å²) in [5.41, 5.74) is 5.55. The molecular weight excluding hydrogens is 1400 g/mol. The monoisotopic (exact) mass is 1450 g/mol. The molecule has 0 saturated carbocycles. The van der Waals surface area contributed by atoms with E-state index in [1.165, 1.54) is 78.9 Å². The number of hydrogen-bond acceptors (Lipinski definition) is 15. The van der Waals surface area contributed by atoms with Crippen molar-refractivity contribution in [3.8, 4) is 46.1 Å². The van der Waals surface area contributed by atoms with E-state index in [9.17, 15) is 40.7 Å². The molecule has 0 spiro atoms. The molecule has 6 heterocycles. The first-order valence-corrected chi connectivity index (χ1v) is 32.2. The highest BCUT2D eigenvalue weighted by atomic mass is 35.5. The van der Waals surface area contributed by atoms with Crippen LogP contribution in [0.15, 0.2) is 214 Å². The average Bonchev–Trinajstić information content (AvgIpc) is 1.71. The number of carbonyl (C=O) groups excluding carboxylic acids is 3. The van der Waals surface area contributed by atoms with E-state index < -0.39 is 52.6 Å². The molecule has 1 saturated heterocycles. The van der Waals surface area contributed by atoms with Crippen LogP contribution in [0.1, 0.15) is 49.6 Å². The van der Waals surface area contributed by atoms with Crippen molar-refractivity contribution in [1.82, 2.24) is 49.0 Å². The molecule has 1 aliphatic heterocycles. The quantitative estimate of drug-likeness (QED) is 0.0810. The lowest BCUT2D eigenvalue weighted by Crippen LogP contribution is -2.19. The maximum Gasteiger partial charge on any atom is 0.255 e. The summed E-state index contributed by atoms with van der Waals surface area (Å²) in [5.74, 6) is -3.06. The highest BCUT2D eigenvalue weighted by molar-refractivity contribution is 6.31. The lowest BCUT2D eigenvalue weighted by atomic mass is 10.2. The zero-order chi connectivity index (χ0) is 71.8. The molecule has 14 aromatic rings. The molecule has 514 valence electrons. The van der Waals surface area contributed by atoms with E-state index in [1.54, 1.807) is 107 Å². The molecule has 5 aromatic heterocycles. The van der Waals surface area contributed by atoms with Crippen molar-refractivity contribution in [2.24, 2.45) is 0 Å². The average molecular weight is 1450 g/mol. The fourth-order valence-electron chi connectivity index (χ4n) is 10.3. The van der Waals surface area contributed by atoms with E-state index in [-0.39, 0.29) is 66.1 Å². The summed E-state index contributed by atoms with van der Waals surface area (Å²) in [5, 5.41) is 7.51. The highest BCUT2D eigenvalue weighted by Crippen LogP contribution is 2.34. The Morgan fingerprint density at radius 3 is 1.15 bits per heavy atom. The Hall–Kier alpha value is -12.5. The number of carbonyl (C=O) groups is 3. The van der Waals surface area contributed by atoms with Crippen molar-refractivity contribution in [3.05, 3.63) is 286 Å². The van der Waals surface area contributed by atoms with Gasteiger partial charge in [0.25, 0.3) is 17.7 Å². The summed E-state index contributed by atoms with van der Waals surface area (Å²) in [7, 11) is 0. The number of imidazole rings is 2. The van der Waals surface area contributed by atoms with Crippen molar-refractivity contribution in [2.45, 2.75) is 19.8 Å². The fraction of sp³-hybridized carbons (Fsp3) is 0.0676. The zero-order valence-electron chi connectivity index (χ0n) is 53.3. The molecule has 0 radical (unpaired) electrons. The number of nitrogens with zero attached hydrogens (tertiary/aromatic N) is 11. The van der Waals surface area contributed by atoms with Crippen molar-refractivity contribution in [3.63, 3.8) is 0 Å². The third-order valence-corrected chi connectivity index (χ3v) is 16.4. The molecule has 103 heavy (non-hydrogen) atoms. The normalized spacial score (nSPS) is 11.7. The Balaban J connectivity index is 0.000000138. The van der Waals surface area contributed by atoms with Crippen LogP contribution in [0.4, 0.5) is 49.2 Å².